The predicted octanol–water partition coefficient (Wildman–Crippen LogP) is 3.04. The van der Waals surface area contributed by atoms with E-state index in [1.54, 1.807) is 0 Å². The predicted molar refractivity (Wildman–Crippen MR) is 73.2 cm³/mol. The molecule has 1 aromatic carbocycles. The Kier molecular flexibility index (Phi) is 4.84. The fourth-order valence-electron chi connectivity index (χ4n) is 2.61. The zero-order chi connectivity index (χ0) is 12.1. The Balaban J connectivity index is 1.97. The smallest absolute Gasteiger partial charge is 0.0406 e. The van der Waals surface area contributed by atoms with Crippen LogP contribution >= 0.6 is 11.6 Å². The summed E-state index contributed by atoms with van der Waals surface area (Å²) in [5.41, 5.74) is 7.04. The monoisotopic (exact) mass is 252 g/mol. The van der Waals surface area contributed by atoms with Crippen LogP contribution in [0.1, 0.15) is 31.2 Å². The summed E-state index contributed by atoms with van der Waals surface area (Å²) in [6, 6.07) is 8.86. The van der Waals surface area contributed by atoms with Crippen LogP contribution in [0.25, 0.3) is 0 Å². The van der Waals surface area contributed by atoms with Crippen LogP contribution in [0.4, 0.5) is 0 Å². The third-order valence-corrected chi connectivity index (χ3v) is 3.80. The molecule has 0 aromatic heterocycles. The molecule has 2 nitrogen and oxygen atoms in total. The van der Waals surface area contributed by atoms with Crippen LogP contribution in [0.3, 0.4) is 0 Å². The van der Waals surface area contributed by atoms with Crippen molar-refractivity contribution in [2.45, 2.75) is 38.3 Å². The van der Waals surface area contributed by atoms with Crippen molar-refractivity contribution in [1.29, 1.82) is 0 Å². The molecule has 1 saturated heterocycles. The number of nitrogens with zero attached hydrogens (tertiary/aromatic N) is 1. The molecule has 1 atom stereocenters. The van der Waals surface area contributed by atoms with Crippen LogP contribution < -0.4 is 5.73 Å². The van der Waals surface area contributed by atoms with Gasteiger partial charge in [0.15, 0.2) is 0 Å². The fourth-order valence-corrected chi connectivity index (χ4v) is 2.74. The number of hydrogen-bond acceptors (Lipinski definition) is 2. The molecular weight excluding hydrogens is 232 g/mol. The molecule has 3 heteroatoms. The molecule has 1 heterocycles. The van der Waals surface area contributed by atoms with Gasteiger partial charge in [0.2, 0.25) is 0 Å². The van der Waals surface area contributed by atoms with Gasteiger partial charge in [0.05, 0.1) is 0 Å². The summed E-state index contributed by atoms with van der Waals surface area (Å²) in [5.74, 6) is 0. The van der Waals surface area contributed by atoms with Crippen molar-refractivity contribution >= 4 is 11.6 Å². The molecule has 0 radical (unpaired) electrons. The van der Waals surface area contributed by atoms with Gasteiger partial charge in [-0.2, -0.15) is 0 Å². The summed E-state index contributed by atoms with van der Waals surface area (Å²) < 4.78 is 0. The average Bonchev–Trinajstić information content (AvgIpc) is 2.35. The number of benzene rings is 1. The summed E-state index contributed by atoms with van der Waals surface area (Å²) in [6.07, 6.45) is 5.08. The Bertz CT molecular complexity index is 335. The van der Waals surface area contributed by atoms with E-state index in [2.05, 4.69) is 17.0 Å². The lowest BCUT2D eigenvalue weighted by Gasteiger charge is -2.35. The molecule has 0 saturated carbocycles. The Morgan fingerprint density at radius 2 is 2.00 bits per heavy atom. The van der Waals surface area contributed by atoms with E-state index < -0.39 is 0 Å². The van der Waals surface area contributed by atoms with Gasteiger partial charge < -0.3 is 5.73 Å². The summed E-state index contributed by atoms with van der Waals surface area (Å²) >= 11 is 5.90. The molecule has 1 aromatic rings. The van der Waals surface area contributed by atoms with Gasteiger partial charge in [-0.3, -0.25) is 4.90 Å². The molecular formula is C14H21ClN2. The van der Waals surface area contributed by atoms with Gasteiger partial charge in [-0.1, -0.05) is 30.2 Å². The minimum absolute atomic E-state index is 0.671. The average molecular weight is 253 g/mol. The van der Waals surface area contributed by atoms with Gasteiger partial charge in [-0.15, -0.1) is 0 Å². The molecule has 2 N–H and O–H groups in total. The standard InChI is InChI=1S/C14H21ClN2/c15-13-6-4-12(5-7-13)11-17-10-2-1-3-14(17)8-9-16/h4-7,14H,1-3,8-11,16H2. The minimum Gasteiger partial charge on any atom is -0.330 e. The van der Waals surface area contributed by atoms with Crippen molar-refractivity contribution in [2.24, 2.45) is 5.73 Å². The van der Waals surface area contributed by atoms with Crippen LogP contribution in [0.15, 0.2) is 24.3 Å². The Morgan fingerprint density at radius 3 is 2.71 bits per heavy atom. The quantitative estimate of drug-likeness (QED) is 0.893. The van der Waals surface area contributed by atoms with Crippen molar-refractivity contribution in [2.75, 3.05) is 13.1 Å². The Hall–Kier alpha value is -0.570. The van der Waals surface area contributed by atoms with Crippen molar-refractivity contribution < 1.29 is 0 Å². The van der Waals surface area contributed by atoms with E-state index in [1.165, 1.54) is 31.4 Å². The van der Waals surface area contributed by atoms with E-state index in [0.717, 1.165) is 24.5 Å². The van der Waals surface area contributed by atoms with E-state index in [1.807, 2.05) is 12.1 Å². The SMILES string of the molecule is NCCC1CCCCN1Cc1ccc(Cl)cc1. The van der Waals surface area contributed by atoms with Crippen LogP contribution in [-0.4, -0.2) is 24.0 Å². The number of nitrogens with two attached hydrogens (primary N) is 1. The second-order valence-corrected chi connectivity index (χ2v) is 5.26. The molecule has 1 fully saturated rings. The first kappa shape index (κ1) is 12.9. The number of likely N-dealkylation sites (tertiary alicyclic amines) is 1. The van der Waals surface area contributed by atoms with Crippen molar-refractivity contribution in [3.8, 4) is 0 Å². The number of hydrogen-bond donors (Lipinski definition) is 1. The highest BCUT2D eigenvalue weighted by Crippen LogP contribution is 2.22. The number of halogens is 1. The lowest BCUT2D eigenvalue weighted by molar-refractivity contribution is 0.134. The highest BCUT2D eigenvalue weighted by molar-refractivity contribution is 6.30. The fraction of sp³-hybridized carbons (Fsp3) is 0.571. The lowest BCUT2D eigenvalue weighted by atomic mass is 9.98. The second kappa shape index (κ2) is 6.39. The highest BCUT2D eigenvalue weighted by Gasteiger charge is 2.21. The molecule has 0 aliphatic carbocycles. The highest BCUT2D eigenvalue weighted by atomic mass is 35.5. The third-order valence-electron chi connectivity index (χ3n) is 3.55. The van der Waals surface area contributed by atoms with Crippen LogP contribution in [0, 0.1) is 0 Å². The second-order valence-electron chi connectivity index (χ2n) is 4.82. The Labute approximate surface area is 109 Å². The molecule has 1 aliphatic heterocycles. The maximum absolute atomic E-state index is 5.90. The van der Waals surface area contributed by atoms with Gasteiger partial charge in [-0.05, 0) is 50.0 Å². The molecule has 0 bridgehead atoms. The number of piperidine rings is 1. The van der Waals surface area contributed by atoms with E-state index in [0.29, 0.717) is 6.04 Å². The summed E-state index contributed by atoms with van der Waals surface area (Å²) in [7, 11) is 0. The van der Waals surface area contributed by atoms with Gasteiger partial charge >= 0.3 is 0 Å². The maximum atomic E-state index is 5.90. The summed E-state index contributed by atoms with van der Waals surface area (Å²) in [4.78, 5) is 2.57. The normalized spacial score (nSPS) is 21.6. The first-order chi connectivity index (χ1) is 8.29. The van der Waals surface area contributed by atoms with Gasteiger partial charge in [0, 0.05) is 17.6 Å². The van der Waals surface area contributed by atoms with Crippen LogP contribution in [0.2, 0.25) is 5.02 Å². The maximum Gasteiger partial charge on any atom is 0.0406 e. The molecule has 1 unspecified atom stereocenters. The largest absolute Gasteiger partial charge is 0.330 e. The van der Waals surface area contributed by atoms with E-state index in [4.69, 9.17) is 17.3 Å². The topological polar surface area (TPSA) is 29.3 Å². The van der Waals surface area contributed by atoms with Gasteiger partial charge in [-0.25, -0.2) is 0 Å². The summed E-state index contributed by atoms with van der Waals surface area (Å²) in [5, 5.41) is 0.811. The van der Waals surface area contributed by atoms with Crippen molar-refractivity contribution in [3.05, 3.63) is 34.9 Å². The minimum atomic E-state index is 0.671. The van der Waals surface area contributed by atoms with E-state index in [9.17, 15) is 0 Å². The molecule has 94 valence electrons. The van der Waals surface area contributed by atoms with Crippen molar-refractivity contribution in [3.63, 3.8) is 0 Å². The van der Waals surface area contributed by atoms with Crippen LogP contribution in [-0.2, 0) is 6.54 Å². The zero-order valence-electron chi connectivity index (χ0n) is 10.2. The molecule has 0 spiro atoms. The van der Waals surface area contributed by atoms with E-state index >= 15 is 0 Å². The first-order valence-electron chi connectivity index (χ1n) is 6.48. The van der Waals surface area contributed by atoms with Gasteiger partial charge in [0.1, 0.15) is 0 Å². The van der Waals surface area contributed by atoms with E-state index in [-0.39, 0.29) is 0 Å². The zero-order valence-corrected chi connectivity index (χ0v) is 11.0. The van der Waals surface area contributed by atoms with Crippen molar-refractivity contribution in [1.82, 2.24) is 4.90 Å². The third kappa shape index (κ3) is 3.70. The molecule has 1 aliphatic rings. The molecule has 0 amide bonds. The Morgan fingerprint density at radius 1 is 1.24 bits per heavy atom. The van der Waals surface area contributed by atoms with Gasteiger partial charge in [0.25, 0.3) is 0 Å². The lowest BCUT2D eigenvalue weighted by Crippen LogP contribution is -2.40. The number of rotatable bonds is 4. The molecule has 17 heavy (non-hydrogen) atoms. The molecule has 2 rings (SSSR count). The first-order valence-corrected chi connectivity index (χ1v) is 6.86. The van der Waals surface area contributed by atoms with Crippen LogP contribution in [0.5, 0.6) is 0 Å². The summed E-state index contributed by atoms with van der Waals surface area (Å²) in [6.45, 7) is 3.02.